The number of carbonyl (C=O) groups is 2. The lowest BCUT2D eigenvalue weighted by Gasteiger charge is -2.59. The Morgan fingerprint density at radius 1 is 0.971 bits per heavy atom. The third-order valence-electron chi connectivity index (χ3n) is 6.63. The fourth-order valence-electron chi connectivity index (χ4n) is 5.62. The SMILES string of the molecule is CCOC(=O)C(OCOC(F)(F)C(C)(F)F)(OC(=O)C12CC3CC(CC(O)(C3)C1)C2)C(F)(F)F. The Labute approximate surface area is 189 Å². The van der Waals surface area contributed by atoms with Crippen LogP contribution in [0, 0.1) is 17.3 Å². The minimum atomic E-state index is -5.86. The molecule has 0 aromatic rings. The summed E-state index contributed by atoms with van der Waals surface area (Å²) < 4.78 is 111. The number of carbonyl (C=O) groups excluding carboxylic acids is 2. The fraction of sp³-hybridized carbons (Fsp3) is 0.900. The molecule has 4 aliphatic carbocycles. The molecule has 3 atom stereocenters. The Kier molecular flexibility index (Phi) is 6.71. The van der Waals surface area contributed by atoms with Crippen molar-refractivity contribution < 1.29 is 64.4 Å². The maximum Gasteiger partial charge on any atom is 0.468 e. The number of alkyl halides is 7. The van der Waals surface area contributed by atoms with Gasteiger partial charge >= 0.3 is 35.9 Å². The predicted octanol–water partition coefficient (Wildman–Crippen LogP) is 3.92. The highest BCUT2D eigenvalue weighted by Gasteiger charge is 2.71. The van der Waals surface area contributed by atoms with Gasteiger partial charge in [-0.15, -0.1) is 0 Å². The lowest BCUT2D eigenvalue weighted by Crippen LogP contribution is -2.63. The zero-order valence-corrected chi connectivity index (χ0v) is 18.4. The van der Waals surface area contributed by atoms with Crippen LogP contribution in [0.5, 0.6) is 0 Å². The van der Waals surface area contributed by atoms with Crippen molar-refractivity contribution in [2.45, 2.75) is 82.0 Å². The first-order chi connectivity index (χ1) is 15.4. The second-order valence-corrected chi connectivity index (χ2v) is 9.50. The Morgan fingerprint density at radius 2 is 1.53 bits per heavy atom. The van der Waals surface area contributed by atoms with Crippen molar-refractivity contribution in [3.05, 3.63) is 0 Å². The standard InChI is InChI=1S/C20H25F7O7/c1-3-31-14(29)18(19(23,24)25,32-10-33-20(26,27)15(2,21)22)34-13(28)16-5-11-4-12(6-16)8-17(30,7-11)9-16/h11-12,30H,3-10H2,1-2H3. The maximum absolute atomic E-state index is 14.1. The highest BCUT2D eigenvalue weighted by atomic mass is 19.4. The van der Waals surface area contributed by atoms with Crippen molar-refractivity contribution >= 4 is 11.9 Å². The van der Waals surface area contributed by atoms with E-state index in [9.17, 15) is 45.4 Å². The Bertz CT molecular complexity index is 796. The zero-order valence-electron chi connectivity index (χ0n) is 18.4. The number of rotatable bonds is 9. The molecule has 4 bridgehead atoms. The second-order valence-electron chi connectivity index (χ2n) is 9.50. The summed E-state index contributed by atoms with van der Waals surface area (Å²) in [5.41, 5.74) is -2.85. The van der Waals surface area contributed by atoms with Crippen LogP contribution in [-0.4, -0.2) is 60.0 Å². The first-order valence-electron chi connectivity index (χ1n) is 10.6. The number of aliphatic hydroxyl groups is 1. The molecule has 0 spiro atoms. The fourth-order valence-corrected chi connectivity index (χ4v) is 5.62. The summed E-state index contributed by atoms with van der Waals surface area (Å²) >= 11 is 0. The van der Waals surface area contributed by atoms with Gasteiger partial charge in [0.15, 0.2) is 6.79 Å². The molecule has 0 aromatic carbocycles. The topological polar surface area (TPSA) is 91.3 Å². The van der Waals surface area contributed by atoms with Crippen LogP contribution in [0.25, 0.3) is 0 Å². The molecular weight excluding hydrogens is 485 g/mol. The molecule has 0 heterocycles. The van der Waals surface area contributed by atoms with E-state index in [1.165, 1.54) is 0 Å². The summed E-state index contributed by atoms with van der Waals surface area (Å²) in [6, 6.07) is 0. The van der Waals surface area contributed by atoms with Gasteiger partial charge in [0.25, 0.3) is 0 Å². The van der Waals surface area contributed by atoms with Crippen molar-refractivity contribution in [3.8, 4) is 0 Å². The van der Waals surface area contributed by atoms with Gasteiger partial charge in [-0.3, -0.25) is 14.3 Å². The van der Waals surface area contributed by atoms with Crippen molar-refractivity contribution in [2.24, 2.45) is 17.3 Å². The van der Waals surface area contributed by atoms with Crippen LogP contribution >= 0.6 is 0 Å². The lowest BCUT2D eigenvalue weighted by atomic mass is 9.48. The average molecular weight is 510 g/mol. The first kappa shape index (κ1) is 26.9. The van der Waals surface area contributed by atoms with E-state index < -0.39 is 60.3 Å². The third kappa shape index (κ3) is 4.72. The Balaban J connectivity index is 1.89. The molecule has 34 heavy (non-hydrogen) atoms. The van der Waals surface area contributed by atoms with Gasteiger partial charge < -0.3 is 14.6 Å². The number of hydrogen-bond donors (Lipinski definition) is 1. The van der Waals surface area contributed by atoms with E-state index in [1.807, 2.05) is 0 Å². The first-order valence-corrected chi connectivity index (χ1v) is 10.6. The number of esters is 2. The zero-order chi connectivity index (χ0) is 25.8. The molecule has 4 saturated carbocycles. The molecule has 0 aliphatic heterocycles. The minimum Gasteiger partial charge on any atom is -0.461 e. The molecule has 4 fully saturated rings. The smallest absolute Gasteiger partial charge is 0.461 e. The number of halogens is 7. The van der Waals surface area contributed by atoms with Gasteiger partial charge in [-0.1, -0.05) is 0 Å². The van der Waals surface area contributed by atoms with Gasteiger partial charge in [0.1, 0.15) is 0 Å². The average Bonchev–Trinajstić information content (AvgIpc) is 2.63. The molecule has 3 unspecified atom stereocenters. The van der Waals surface area contributed by atoms with E-state index in [-0.39, 0.29) is 38.0 Å². The molecule has 7 nitrogen and oxygen atoms in total. The second kappa shape index (κ2) is 8.47. The highest BCUT2D eigenvalue weighted by Crippen LogP contribution is 2.62. The van der Waals surface area contributed by atoms with Crippen LogP contribution in [0.1, 0.15) is 52.4 Å². The van der Waals surface area contributed by atoms with E-state index in [2.05, 4.69) is 18.9 Å². The van der Waals surface area contributed by atoms with E-state index in [0.717, 1.165) is 6.92 Å². The van der Waals surface area contributed by atoms with E-state index in [0.29, 0.717) is 19.3 Å². The summed E-state index contributed by atoms with van der Waals surface area (Å²) in [4.78, 5) is 25.4. The van der Waals surface area contributed by atoms with Crippen molar-refractivity contribution in [2.75, 3.05) is 13.4 Å². The number of ether oxygens (including phenoxy) is 4. The van der Waals surface area contributed by atoms with Crippen LogP contribution < -0.4 is 0 Å². The van der Waals surface area contributed by atoms with Crippen molar-refractivity contribution in [1.29, 1.82) is 0 Å². The van der Waals surface area contributed by atoms with E-state index >= 15 is 0 Å². The van der Waals surface area contributed by atoms with Crippen LogP contribution in [-0.2, 0) is 28.5 Å². The Hall–Kier alpha value is -1.67. The molecule has 4 aliphatic rings. The van der Waals surface area contributed by atoms with Crippen LogP contribution in [0.3, 0.4) is 0 Å². The highest BCUT2D eigenvalue weighted by molar-refractivity contribution is 5.85. The molecule has 4 rings (SSSR count). The third-order valence-corrected chi connectivity index (χ3v) is 6.63. The minimum absolute atomic E-state index is 0.0953. The van der Waals surface area contributed by atoms with Crippen LogP contribution in [0.15, 0.2) is 0 Å². The van der Waals surface area contributed by atoms with E-state index in [1.54, 1.807) is 0 Å². The van der Waals surface area contributed by atoms with Crippen molar-refractivity contribution in [1.82, 2.24) is 0 Å². The molecule has 1 N–H and O–H groups in total. The lowest BCUT2D eigenvalue weighted by molar-refractivity contribution is -0.410. The summed E-state index contributed by atoms with van der Waals surface area (Å²) in [7, 11) is 0. The quantitative estimate of drug-likeness (QED) is 0.286. The van der Waals surface area contributed by atoms with Gasteiger partial charge in [0.05, 0.1) is 17.6 Å². The molecule has 196 valence electrons. The molecule has 14 heteroatoms. The summed E-state index contributed by atoms with van der Waals surface area (Å²) in [6.07, 6.45) is -9.73. The Morgan fingerprint density at radius 3 is 1.97 bits per heavy atom. The molecular formula is C20H25F7O7. The van der Waals surface area contributed by atoms with Gasteiger partial charge in [0, 0.05) is 6.92 Å². The van der Waals surface area contributed by atoms with Gasteiger partial charge in [0.2, 0.25) is 0 Å². The maximum atomic E-state index is 14.1. The predicted molar refractivity (Wildman–Crippen MR) is 96.2 cm³/mol. The van der Waals surface area contributed by atoms with Gasteiger partial charge in [-0.25, -0.2) is 4.79 Å². The van der Waals surface area contributed by atoms with Crippen LogP contribution in [0.4, 0.5) is 30.7 Å². The van der Waals surface area contributed by atoms with E-state index in [4.69, 9.17) is 0 Å². The summed E-state index contributed by atoms with van der Waals surface area (Å²) in [5, 5.41) is 10.7. The normalized spacial score (nSPS) is 32.9. The summed E-state index contributed by atoms with van der Waals surface area (Å²) in [6.45, 7) is -1.95. The molecule has 0 amide bonds. The number of hydrogen-bond acceptors (Lipinski definition) is 7. The largest absolute Gasteiger partial charge is 0.468 e. The molecule has 0 saturated heterocycles. The van der Waals surface area contributed by atoms with Crippen LogP contribution in [0.2, 0.25) is 0 Å². The van der Waals surface area contributed by atoms with Gasteiger partial charge in [-0.2, -0.15) is 30.7 Å². The monoisotopic (exact) mass is 510 g/mol. The molecule has 0 aromatic heterocycles. The van der Waals surface area contributed by atoms with Crippen molar-refractivity contribution in [3.63, 3.8) is 0 Å². The molecule has 0 radical (unpaired) electrons. The van der Waals surface area contributed by atoms with Gasteiger partial charge in [-0.05, 0) is 57.3 Å². The summed E-state index contributed by atoms with van der Waals surface area (Å²) in [5.74, 6) is -13.5.